The number of aromatic nitrogens is 3. The second-order valence-electron chi connectivity index (χ2n) is 14.8. The third-order valence-corrected chi connectivity index (χ3v) is 11.2. The van der Waals surface area contributed by atoms with E-state index in [1.165, 1.54) is 0 Å². The largest absolute Gasteiger partial charge is 0.380 e. The first-order valence-electron chi connectivity index (χ1n) is 22.7. The van der Waals surface area contributed by atoms with E-state index in [2.05, 4.69) is 20.9 Å². The van der Waals surface area contributed by atoms with E-state index in [1.54, 1.807) is 4.68 Å². The average molecular weight is 921 g/mol. The topological polar surface area (TPSA) is 234 Å². The number of thioether (sulfide) groups is 1. The van der Waals surface area contributed by atoms with Gasteiger partial charge in [-0.25, -0.2) is 9.48 Å². The minimum absolute atomic E-state index is 0.0573. The van der Waals surface area contributed by atoms with Crippen LogP contribution in [0.4, 0.5) is 4.79 Å². The molecule has 2 fully saturated rings. The lowest BCUT2D eigenvalue weighted by Gasteiger charge is -2.16. The number of ether oxygens (including phenoxy) is 11. The molecule has 2 aliphatic heterocycles. The zero-order valence-electron chi connectivity index (χ0n) is 37.4. The van der Waals surface area contributed by atoms with Gasteiger partial charge in [0.25, 0.3) is 0 Å². The minimum atomic E-state index is -0.0573. The molecule has 3 heterocycles. The summed E-state index contributed by atoms with van der Waals surface area (Å²) in [6, 6.07) is 0.416. The van der Waals surface area contributed by atoms with Gasteiger partial charge in [-0.2, -0.15) is 11.8 Å². The fourth-order valence-corrected chi connectivity index (χ4v) is 7.93. The first kappa shape index (κ1) is 55.0. The van der Waals surface area contributed by atoms with Gasteiger partial charge < -0.3 is 68.5 Å². The van der Waals surface area contributed by atoms with Gasteiger partial charge in [0.15, 0.2) is 0 Å². The van der Waals surface area contributed by atoms with Crippen molar-refractivity contribution in [2.75, 3.05) is 151 Å². The van der Waals surface area contributed by atoms with Crippen molar-refractivity contribution in [1.29, 1.82) is 0 Å². The molecule has 0 unspecified atom stereocenters. The molecule has 1 aromatic heterocycles. The molecule has 0 saturated carbocycles. The Bertz CT molecular complexity index is 1290. The monoisotopic (exact) mass is 921 g/mol. The molecule has 21 heteroatoms. The summed E-state index contributed by atoms with van der Waals surface area (Å²) in [7, 11) is 0. The molecule has 2 amide bonds. The fraction of sp³-hybridized carbons (Fsp3) is 0.881. The van der Waals surface area contributed by atoms with Crippen LogP contribution in [0.5, 0.6) is 0 Å². The number of carbonyl (C=O) groups is 3. The van der Waals surface area contributed by atoms with Crippen molar-refractivity contribution in [3.8, 4) is 0 Å². The van der Waals surface area contributed by atoms with Gasteiger partial charge in [-0.1, -0.05) is 11.6 Å². The van der Waals surface area contributed by atoms with Crippen LogP contribution in [0.15, 0.2) is 6.20 Å². The summed E-state index contributed by atoms with van der Waals surface area (Å²) in [5, 5.41) is 14.7. The molecule has 3 rings (SSSR count). The number of rotatable bonds is 47. The standard InChI is InChI=1S/C42H76N6O14S/c43-10-15-55-19-22-58-25-28-59-26-23-56-20-17-53-13-4-7-38(50)9-14-54-18-21-57-24-27-60-29-30-61-31-32-62-34-36-33-48(47-46-36)11-16-52-12-3-6-37(49)5-1-2-8-40-41-39(35-63-40)44-42(51)45-41/h33,39-41H,1-32,34-35,43H2,(H2,44,45,51)/t39-,40-,41-/m0/s1. The summed E-state index contributed by atoms with van der Waals surface area (Å²) in [4.78, 5) is 35.8. The first-order valence-corrected chi connectivity index (χ1v) is 23.8. The van der Waals surface area contributed by atoms with Crippen molar-refractivity contribution < 1.29 is 66.5 Å². The second-order valence-corrected chi connectivity index (χ2v) is 16.1. The summed E-state index contributed by atoms with van der Waals surface area (Å²) >= 11 is 1.91. The van der Waals surface area contributed by atoms with Crippen LogP contribution in [0.2, 0.25) is 0 Å². The van der Waals surface area contributed by atoms with Gasteiger partial charge in [0, 0.05) is 56.4 Å². The average Bonchev–Trinajstić information content (AvgIpc) is 4.00. The predicted octanol–water partition coefficient (Wildman–Crippen LogP) is 1.73. The Morgan fingerprint density at radius 3 is 1.63 bits per heavy atom. The third-order valence-electron chi connectivity index (χ3n) is 9.69. The number of urea groups is 1. The van der Waals surface area contributed by atoms with Gasteiger partial charge in [-0.05, 0) is 25.7 Å². The highest BCUT2D eigenvalue weighted by atomic mass is 32.2. The van der Waals surface area contributed by atoms with Gasteiger partial charge >= 0.3 is 6.03 Å². The van der Waals surface area contributed by atoms with E-state index in [1.807, 2.05) is 18.0 Å². The molecule has 364 valence electrons. The number of amides is 2. The number of ketones is 2. The highest BCUT2D eigenvalue weighted by molar-refractivity contribution is 8.00. The quantitative estimate of drug-likeness (QED) is 0.0624. The third kappa shape index (κ3) is 29.7. The molecule has 0 aromatic carbocycles. The van der Waals surface area contributed by atoms with Crippen LogP contribution < -0.4 is 16.4 Å². The van der Waals surface area contributed by atoms with E-state index in [9.17, 15) is 14.4 Å². The van der Waals surface area contributed by atoms with Crippen LogP contribution in [0.1, 0.15) is 63.5 Å². The molecule has 63 heavy (non-hydrogen) atoms. The van der Waals surface area contributed by atoms with E-state index in [0.29, 0.717) is 202 Å². The van der Waals surface area contributed by atoms with E-state index in [0.717, 1.165) is 30.7 Å². The number of hydrogen-bond acceptors (Lipinski definition) is 18. The zero-order chi connectivity index (χ0) is 44.7. The molecule has 1 aromatic rings. The Morgan fingerprint density at radius 2 is 1.06 bits per heavy atom. The number of nitrogens with one attached hydrogen (secondary N) is 2. The Labute approximate surface area is 377 Å². The van der Waals surface area contributed by atoms with Crippen LogP contribution in [0, 0.1) is 0 Å². The molecule has 20 nitrogen and oxygen atoms in total. The predicted molar refractivity (Wildman–Crippen MR) is 234 cm³/mol. The normalized spacial score (nSPS) is 17.0. The maximum atomic E-state index is 12.3. The van der Waals surface area contributed by atoms with Crippen molar-refractivity contribution in [3.05, 3.63) is 11.9 Å². The number of hydrogen-bond donors (Lipinski definition) is 3. The van der Waals surface area contributed by atoms with Gasteiger partial charge in [-0.3, -0.25) is 9.59 Å². The van der Waals surface area contributed by atoms with Gasteiger partial charge in [0.2, 0.25) is 0 Å². The van der Waals surface area contributed by atoms with Crippen LogP contribution >= 0.6 is 11.8 Å². The van der Waals surface area contributed by atoms with Gasteiger partial charge in [-0.15, -0.1) is 5.10 Å². The number of fused-ring (bicyclic) bond motifs is 1. The number of nitrogens with two attached hydrogens (primary N) is 1. The summed E-state index contributed by atoms with van der Waals surface area (Å²) < 4.78 is 62.1. The van der Waals surface area contributed by atoms with E-state index in [4.69, 9.17) is 57.8 Å². The lowest BCUT2D eigenvalue weighted by molar-refractivity contribution is -0.121. The summed E-state index contributed by atoms with van der Waals surface area (Å²) in [5.41, 5.74) is 6.07. The van der Waals surface area contributed by atoms with Crippen molar-refractivity contribution in [2.24, 2.45) is 5.73 Å². The van der Waals surface area contributed by atoms with E-state index < -0.39 is 0 Å². The molecular weight excluding hydrogens is 845 g/mol. The molecular formula is C42H76N6O14S. The van der Waals surface area contributed by atoms with E-state index in [-0.39, 0.29) is 29.7 Å². The number of carbonyl (C=O) groups excluding carboxylic acids is 3. The number of nitrogens with zero attached hydrogens (tertiary/aromatic N) is 3. The minimum Gasteiger partial charge on any atom is -0.380 e. The first-order chi connectivity index (χ1) is 31.0. The van der Waals surface area contributed by atoms with Crippen molar-refractivity contribution >= 4 is 29.4 Å². The Balaban J connectivity index is 0.950. The van der Waals surface area contributed by atoms with Gasteiger partial charge in [0.1, 0.15) is 17.3 Å². The van der Waals surface area contributed by atoms with Crippen molar-refractivity contribution in [3.63, 3.8) is 0 Å². The summed E-state index contributed by atoms with van der Waals surface area (Å²) in [6.45, 7) is 11.4. The molecule has 3 atom stereocenters. The highest BCUT2D eigenvalue weighted by Gasteiger charge is 2.42. The molecule has 0 aliphatic carbocycles. The molecule has 0 bridgehead atoms. The van der Waals surface area contributed by atoms with Crippen LogP contribution in [0.25, 0.3) is 0 Å². The molecule has 2 aliphatic rings. The summed E-state index contributed by atoms with van der Waals surface area (Å²) in [5.74, 6) is 1.40. The number of Topliss-reactive ketones (excluding diaryl/α,β-unsaturated/α-hetero) is 2. The highest BCUT2D eigenvalue weighted by Crippen LogP contribution is 2.33. The van der Waals surface area contributed by atoms with E-state index >= 15 is 0 Å². The molecule has 0 radical (unpaired) electrons. The van der Waals surface area contributed by atoms with Crippen LogP contribution in [-0.4, -0.2) is 201 Å². The molecule has 4 N–H and O–H groups in total. The van der Waals surface area contributed by atoms with Crippen molar-refractivity contribution in [2.45, 2.75) is 88.3 Å². The maximum Gasteiger partial charge on any atom is 0.315 e. The van der Waals surface area contributed by atoms with Crippen molar-refractivity contribution in [1.82, 2.24) is 25.6 Å². The molecule has 0 spiro atoms. The lowest BCUT2D eigenvalue weighted by Crippen LogP contribution is -2.36. The van der Waals surface area contributed by atoms with Crippen LogP contribution in [-0.2, 0) is 74.8 Å². The second kappa shape index (κ2) is 38.8. The Kier molecular flexibility index (Phi) is 33.9. The Morgan fingerprint density at radius 1 is 0.587 bits per heavy atom. The van der Waals surface area contributed by atoms with Gasteiger partial charge in [0.05, 0.1) is 157 Å². The smallest absolute Gasteiger partial charge is 0.315 e. The van der Waals surface area contributed by atoms with Crippen LogP contribution in [0.3, 0.4) is 0 Å². The maximum absolute atomic E-state index is 12.3. The lowest BCUT2D eigenvalue weighted by atomic mass is 10.0. The Hall–Kier alpha value is -2.38. The number of unbranched alkanes of at least 4 members (excludes halogenated alkanes) is 1. The fourth-order valence-electron chi connectivity index (χ4n) is 6.39. The SMILES string of the molecule is NCCOCCOCCOCCOCCOCCCC(=O)CCOCCOCCOCCOCCOCc1cn(CCOCCCC(=O)CCCC[C@@H]2SC[C@@H]3NC(=O)N[C@@H]32)nn1. The summed E-state index contributed by atoms with van der Waals surface area (Å²) in [6.07, 6.45) is 8.12. The zero-order valence-corrected chi connectivity index (χ0v) is 38.2. The molecule has 2 saturated heterocycles.